The first-order valence-electron chi connectivity index (χ1n) is 10.8. The molecule has 0 aliphatic carbocycles. The largest absolute Gasteiger partial charge is 0.349 e. The SMILES string of the molecule is CC12CCC(=O)N1c1ccccc1C(=O)N2CCC(=O)NC1CCSc2c(F)cccc21. The van der Waals surface area contributed by atoms with Gasteiger partial charge in [-0.2, -0.15) is 0 Å². The Balaban J connectivity index is 1.33. The highest BCUT2D eigenvalue weighted by Crippen LogP contribution is 2.44. The highest BCUT2D eigenvalue weighted by atomic mass is 32.2. The molecule has 3 aliphatic heterocycles. The number of carbonyl (C=O) groups excluding carboxylic acids is 3. The maximum Gasteiger partial charge on any atom is 0.257 e. The number of para-hydroxylation sites is 1. The molecule has 5 rings (SSSR count). The Hall–Kier alpha value is -2.87. The molecule has 32 heavy (non-hydrogen) atoms. The topological polar surface area (TPSA) is 69.7 Å². The molecule has 2 aromatic carbocycles. The van der Waals surface area contributed by atoms with Crippen molar-refractivity contribution in [3.63, 3.8) is 0 Å². The molecule has 3 heterocycles. The number of rotatable bonds is 4. The van der Waals surface area contributed by atoms with E-state index in [-0.39, 0.29) is 42.5 Å². The molecular weight excluding hydrogens is 429 g/mol. The highest BCUT2D eigenvalue weighted by Gasteiger charge is 2.52. The summed E-state index contributed by atoms with van der Waals surface area (Å²) in [4.78, 5) is 42.7. The minimum atomic E-state index is -0.778. The van der Waals surface area contributed by atoms with Crippen molar-refractivity contribution >= 4 is 35.2 Å². The van der Waals surface area contributed by atoms with Crippen LogP contribution in [0.5, 0.6) is 0 Å². The third kappa shape index (κ3) is 3.28. The van der Waals surface area contributed by atoms with Gasteiger partial charge in [0.1, 0.15) is 11.5 Å². The molecule has 166 valence electrons. The number of hydrogen-bond acceptors (Lipinski definition) is 4. The fourth-order valence-electron chi connectivity index (χ4n) is 5.06. The number of halogens is 1. The molecule has 3 amide bonds. The molecule has 0 bridgehead atoms. The van der Waals surface area contributed by atoms with E-state index in [0.717, 1.165) is 17.7 Å². The second kappa shape index (κ2) is 7.92. The van der Waals surface area contributed by atoms with Crippen molar-refractivity contribution < 1.29 is 18.8 Å². The van der Waals surface area contributed by atoms with Gasteiger partial charge in [0.05, 0.1) is 17.3 Å². The van der Waals surface area contributed by atoms with Gasteiger partial charge in [-0.25, -0.2) is 4.39 Å². The third-order valence-corrected chi connectivity index (χ3v) is 7.83. The van der Waals surface area contributed by atoms with Crippen molar-refractivity contribution in [1.29, 1.82) is 0 Å². The number of nitrogens with one attached hydrogen (secondary N) is 1. The normalized spacial score (nSPS) is 24.1. The number of nitrogens with zero attached hydrogens (tertiary/aromatic N) is 2. The first-order chi connectivity index (χ1) is 15.4. The zero-order valence-corrected chi connectivity index (χ0v) is 18.6. The Kier molecular flexibility index (Phi) is 5.20. The second-order valence-corrected chi connectivity index (χ2v) is 9.69. The van der Waals surface area contributed by atoms with Gasteiger partial charge < -0.3 is 10.2 Å². The Morgan fingerprint density at radius 3 is 2.88 bits per heavy atom. The van der Waals surface area contributed by atoms with E-state index in [0.29, 0.717) is 29.0 Å². The van der Waals surface area contributed by atoms with E-state index < -0.39 is 5.66 Å². The maximum absolute atomic E-state index is 14.1. The standard InChI is InChI=1S/C24H24FN3O3S/c1-24-12-9-21(30)28(24)19-8-3-2-5-16(19)23(31)27(24)13-10-20(29)26-18-11-14-32-22-15(18)6-4-7-17(22)25/h2-8,18H,9-14H2,1H3,(H,26,29). The molecule has 6 nitrogen and oxygen atoms in total. The number of anilines is 1. The number of fused-ring (bicyclic) bond motifs is 4. The Morgan fingerprint density at radius 2 is 2.03 bits per heavy atom. The molecule has 3 aliphatic rings. The van der Waals surface area contributed by atoms with E-state index >= 15 is 0 Å². The van der Waals surface area contributed by atoms with Crippen LogP contribution in [0.1, 0.15) is 54.6 Å². The summed E-state index contributed by atoms with van der Waals surface area (Å²) >= 11 is 1.47. The monoisotopic (exact) mass is 453 g/mol. The van der Waals surface area contributed by atoms with Gasteiger partial charge in [-0.3, -0.25) is 19.3 Å². The quantitative estimate of drug-likeness (QED) is 0.763. The first kappa shape index (κ1) is 21.0. The Morgan fingerprint density at radius 1 is 1.22 bits per heavy atom. The van der Waals surface area contributed by atoms with Crippen molar-refractivity contribution in [1.82, 2.24) is 10.2 Å². The average Bonchev–Trinajstić information content (AvgIpc) is 3.09. The molecule has 2 atom stereocenters. The van der Waals surface area contributed by atoms with Crippen molar-refractivity contribution in [2.24, 2.45) is 0 Å². The van der Waals surface area contributed by atoms with Crippen molar-refractivity contribution in [2.75, 3.05) is 17.2 Å². The molecule has 0 spiro atoms. The fraction of sp³-hybridized carbons (Fsp3) is 0.375. The van der Waals surface area contributed by atoms with Crippen molar-refractivity contribution in [3.8, 4) is 0 Å². The van der Waals surface area contributed by atoms with Gasteiger partial charge in [-0.15, -0.1) is 11.8 Å². The van der Waals surface area contributed by atoms with Crippen molar-refractivity contribution in [3.05, 3.63) is 59.4 Å². The zero-order valence-electron chi connectivity index (χ0n) is 17.8. The molecule has 0 aromatic heterocycles. The lowest BCUT2D eigenvalue weighted by Gasteiger charge is -2.48. The summed E-state index contributed by atoms with van der Waals surface area (Å²) in [5.74, 6) is 0.102. The second-order valence-electron chi connectivity index (χ2n) is 8.59. The van der Waals surface area contributed by atoms with Gasteiger partial charge in [-0.1, -0.05) is 24.3 Å². The van der Waals surface area contributed by atoms with Crippen LogP contribution in [0.4, 0.5) is 10.1 Å². The lowest BCUT2D eigenvalue weighted by atomic mass is 9.98. The number of hydrogen-bond donors (Lipinski definition) is 1. The van der Waals surface area contributed by atoms with Crippen LogP contribution in [0.25, 0.3) is 0 Å². The average molecular weight is 454 g/mol. The predicted octanol–water partition coefficient (Wildman–Crippen LogP) is 3.87. The molecule has 2 aromatic rings. The van der Waals surface area contributed by atoms with Crippen LogP contribution in [0.2, 0.25) is 0 Å². The van der Waals surface area contributed by atoms with E-state index in [2.05, 4.69) is 5.32 Å². The van der Waals surface area contributed by atoms with Crippen LogP contribution in [-0.2, 0) is 9.59 Å². The minimum Gasteiger partial charge on any atom is -0.349 e. The van der Waals surface area contributed by atoms with E-state index in [4.69, 9.17) is 0 Å². The minimum absolute atomic E-state index is 0.0137. The maximum atomic E-state index is 14.1. The summed E-state index contributed by atoms with van der Waals surface area (Å²) in [6.45, 7) is 2.10. The lowest BCUT2D eigenvalue weighted by molar-refractivity contribution is -0.122. The van der Waals surface area contributed by atoms with Crippen LogP contribution >= 0.6 is 11.8 Å². The van der Waals surface area contributed by atoms with Gasteiger partial charge in [0, 0.05) is 30.0 Å². The van der Waals surface area contributed by atoms with E-state index in [1.54, 1.807) is 34.1 Å². The Labute approximate surface area is 190 Å². The van der Waals surface area contributed by atoms with Gasteiger partial charge in [-0.05, 0) is 43.5 Å². The lowest BCUT2D eigenvalue weighted by Crippen LogP contribution is -2.62. The summed E-state index contributed by atoms with van der Waals surface area (Å²) in [5, 5.41) is 3.02. The van der Waals surface area contributed by atoms with Crippen LogP contribution < -0.4 is 10.2 Å². The number of thioether (sulfide) groups is 1. The van der Waals surface area contributed by atoms with E-state index in [1.165, 1.54) is 17.8 Å². The summed E-state index contributed by atoms with van der Waals surface area (Å²) in [5.41, 5.74) is 1.15. The molecule has 1 N–H and O–H groups in total. The van der Waals surface area contributed by atoms with Gasteiger partial charge in [0.2, 0.25) is 11.8 Å². The molecule has 0 saturated carbocycles. The number of amides is 3. The first-order valence-corrected chi connectivity index (χ1v) is 11.8. The van der Waals surface area contributed by atoms with Gasteiger partial charge >= 0.3 is 0 Å². The van der Waals surface area contributed by atoms with Crippen LogP contribution in [-0.4, -0.2) is 40.6 Å². The van der Waals surface area contributed by atoms with Crippen LogP contribution in [0, 0.1) is 5.82 Å². The summed E-state index contributed by atoms with van der Waals surface area (Å²) in [6.07, 6.45) is 1.73. The molecule has 1 fully saturated rings. The van der Waals surface area contributed by atoms with Crippen LogP contribution in [0.15, 0.2) is 47.4 Å². The van der Waals surface area contributed by atoms with E-state index in [9.17, 15) is 18.8 Å². The Bertz CT molecular complexity index is 1120. The van der Waals surface area contributed by atoms with E-state index in [1.807, 2.05) is 19.1 Å². The molecular formula is C24H24FN3O3S. The smallest absolute Gasteiger partial charge is 0.257 e. The molecule has 1 saturated heterocycles. The van der Waals surface area contributed by atoms with Gasteiger partial charge in [0.15, 0.2) is 0 Å². The molecule has 8 heteroatoms. The summed E-state index contributed by atoms with van der Waals surface area (Å²) < 4.78 is 14.1. The predicted molar refractivity (Wildman–Crippen MR) is 120 cm³/mol. The molecule has 0 radical (unpaired) electrons. The van der Waals surface area contributed by atoms with Gasteiger partial charge in [0.25, 0.3) is 5.91 Å². The summed E-state index contributed by atoms with van der Waals surface area (Å²) in [7, 11) is 0. The molecule has 2 unspecified atom stereocenters. The van der Waals surface area contributed by atoms with Crippen LogP contribution in [0.3, 0.4) is 0 Å². The fourth-order valence-corrected chi connectivity index (χ4v) is 6.20. The third-order valence-electron chi connectivity index (χ3n) is 6.67. The zero-order chi connectivity index (χ0) is 22.5. The number of benzene rings is 2. The summed E-state index contributed by atoms with van der Waals surface area (Å²) in [6, 6.07) is 11.8. The number of carbonyl (C=O) groups is 3. The van der Waals surface area contributed by atoms with Crippen molar-refractivity contribution in [2.45, 2.75) is 49.2 Å². The highest BCUT2D eigenvalue weighted by molar-refractivity contribution is 7.99.